The standard InChI is InChI=1S/C15H16ClN5/c1-2-13-9-14(15-19-18-10-21(15)20-13)17-7-6-11-4-3-5-12(16)8-11/h3-5,8-10,17H,2,6-7H2,1H3. The van der Waals surface area contributed by atoms with Crippen LogP contribution < -0.4 is 5.32 Å². The second kappa shape index (κ2) is 6.10. The highest BCUT2D eigenvalue weighted by Crippen LogP contribution is 2.16. The maximum atomic E-state index is 5.99. The van der Waals surface area contributed by atoms with E-state index in [0.717, 1.165) is 41.4 Å². The highest BCUT2D eigenvalue weighted by atomic mass is 35.5. The van der Waals surface area contributed by atoms with Crippen LogP contribution >= 0.6 is 11.6 Å². The van der Waals surface area contributed by atoms with Gasteiger partial charge < -0.3 is 5.32 Å². The molecule has 2 aromatic heterocycles. The highest BCUT2D eigenvalue weighted by Gasteiger charge is 2.06. The molecular formula is C15H16ClN5. The van der Waals surface area contributed by atoms with Gasteiger partial charge in [-0.1, -0.05) is 30.7 Å². The first-order valence-corrected chi connectivity index (χ1v) is 7.32. The fraction of sp³-hybridized carbons (Fsp3) is 0.267. The van der Waals surface area contributed by atoms with E-state index in [4.69, 9.17) is 11.6 Å². The summed E-state index contributed by atoms with van der Waals surface area (Å²) in [5.74, 6) is 0. The van der Waals surface area contributed by atoms with Crippen LogP contribution in [-0.4, -0.2) is 26.4 Å². The Kier molecular flexibility index (Phi) is 4.01. The van der Waals surface area contributed by atoms with Crippen molar-refractivity contribution in [3.63, 3.8) is 0 Å². The summed E-state index contributed by atoms with van der Waals surface area (Å²) in [5.41, 5.74) is 3.92. The van der Waals surface area contributed by atoms with E-state index in [0.29, 0.717) is 0 Å². The molecule has 0 fully saturated rings. The van der Waals surface area contributed by atoms with E-state index in [1.54, 1.807) is 10.8 Å². The Morgan fingerprint density at radius 1 is 1.29 bits per heavy atom. The maximum Gasteiger partial charge on any atom is 0.200 e. The van der Waals surface area contributed by atoms with Crippen LogP contribution in [-0.2, 0) is 12.8 Å². The predicted octanol–water partition coefficient (Wildman–Crippen LogP) is 2.99. The number of aromatic nitrogens is 4. The Morgan fingerprint density at radius 3 is 3.00 bits per heavy atom. The Bertz CT molecular complexity index is 753. The number of nitrogens with zero attached hydrogens (tertiary/aromatic N) is 4. The third-order valence-electron chi connectivity index (χ3n) is 3.30. The van der Waals surface area contributed by atoms with Crippen molar-refractivity contribution in [3.8, 4) is 0 Å². The number of rotatable bonds is 5. The van der Waals surface area contributed by atoms with Crippen molar-refractivity contribution < 1.29 is 0 Å². The summed E-state index contributed by atoms with van der Waals surface area (Å²) in [6, 6.07) is 9.94. The Labute approximate surface area is 128 Å². The van der Waals surface area contributed by atoms with Crippen LogP contribution in [0.1, 0.15) is 18.2 Å². The summed E-state index contributed by atoms with van der Waals surface area (Å²) in [6.07, 6.45) is 3.39. The zero-order chi connectivity index (χ0) is 14.7. The minimum atomic E-state index is 0.748. The van der Waals surface area contributed by atoms with E-state index in [-0.39, 0.29) is 0 Å². The molecule has 1 N–H and O–H groups in total. The van der Waals surface area contributed by atoms with Gasteiger partial charge >= 0.3 is 0 Å². The third-order valence-corrected chi connectivity index (χ3v) is 3.53. The van der Waals surface area contributed by atoms with Gasteiger partial charge in [0.25, 0.3) is 0 Å². The first-order valence-electron chi connectivity index (χ1n) is 6.94. The number of nitrogens with one attached hydrogen (secondary N) is 1. The number of hydrogen-bond donors (Lipinski definition) is 1. The van der Waals surface area contributed by atoms with E-state index in [2.05, 4.69) is 33.6 Å². The van der Waals surface area contributed by atoms with Crippen LogP contribution in [0.2, 0.25) is 5.02 Å². The lowest BCUT2D eigenvalue weighted by atomic mass is 10.1. The van der Waals surface area contributed by atoms with Crippen LogP contribution in [0.4, 0.5) is 5.69 Å². The first kappa shape index (κ1) is 13.8. The van der Waals surface area contributed by atoms with Crippen LogP contribution in [0, 0.1) is 0 Å². The lowest BCUT2D eigenvalue weighted by Crippen LogP contribution is -2.08. The molecule has 0 aliphatic rings. The average Bonchev–Trinajstić information content (AvgIpc) is 2.95. The second-order valence-corrected chi connectivity index (χ2v) is 5.25. The number of halogens is 1. The number of fused-ring (bicyclic) bond motifs is 1. The summed E-state index contributed by atoms with van der Waals surface area (Å²) in [6.45, 7) is 2.88. The molecule has 2 heterocycles. The second-order valence-electron chi connectivity index (χ2n) is 4.81. The van der Waals surface area contributed by atoms with Crippen molar-refractivity contribution >= 4 is 22.9 Å². The largest absolute Gasteiger partial charge is 0.382 e. The van der Waals surface area contributed by atoms with Gasteiger partial charge in [0.05, 0.1) is 11.4 Å². The quantitative estimate of drug-likeness (QED) is 0.787. The van der Waals surface area contributed by atoms with Crippen LogP contribution in [0.25, 0.3) is 5.65 Å². The molecule has 0 radical (unpaired) electrons. The Morgan fingerprint density at radius 2 is 2.19 bits per heavy atom. The Hall–Kier alpha value is -2.14. The van der Waals surface area contributed by atoms with E-state index >= 15 is 0 Å². The molecule has 6 heteroatoms. The molecule has 0 atom stereocenters. The minimum absolute atomic E-state index is 0.748. The van der Waals surface area contributed by atoms with E-state index < -0.39 is 0 Å². The molecule has 0 saturated heterocycles. The smallest absolute Gasteiger partial charge is 0.200 e. The normalized spacial score (nSPS) is 11.0. The van der Waals surface area contributed by atoms with Crippen molar-refractivity contribution in [1.82, 2.24) is 19.8 Å². The van der Waals surface area contributed by atoms with Gasteiger partial charge in [-0.15, -0.1) is 10.2 Å². The minimum Gasteiger partial charge on any atom is -0.382 e. The summed E-state index contributed by atoms with van der Waals surface area (Å²) >= 11 is 5.99. The van der Waals surface area contributed by atoms with Crippen LogP contribution in [0.5, 0.6) is 0 Å². The molecule has 0 aliphatic carbocycles. The molecule has 1 aromatic carbocycles. The summed E-state index contributed by atoms with van der Waals surface area (Å²) in [5, 5.41) is 16.6. The van der Waals surface area contributed by atoms with Gasteiger partial charge in [0.15, 0.2) is 0 Å². The number of aryl methyl sites for hydroxylation is 1. The maximum absolute atomic E-state index is 5.99. The SMILES string of the molecule is CCc1cc(NCCc2cccc(Cl)c2)c2nncn2n1. The van der Waals surface area contributed by atoms with Gasteiger partial charge in [0, 0.05) is 11.6 Å². The molecule has 21 heavy (non-hydrogen) atoms. The van der Waals surface area contributed by atoms with E-state index in [1.807, 2.05) is 24.3 Å². The lowest BCUT2D eigenvalue weighted by Gasteiger charge is -2.09. The van der Waals surface area contributed by atoms with Gasteiger partial charge in [0.2, 0.25) is 5.65 Å². The fourth-order valence-electron chi connectivity index (χ4n) is 2.22. The monoisotopic (exact) mass is 301 g/mol. The number of benzene rings is 1. The zero-order valence-electron chi connectivity index (χ0n) is 11.8. The third kappa shape index (κ3) is 3.13. The molecule has 3 aromatic rings. The van der Waals surface area contributed by atoms with Gasteiger partial charge in [-0.3, -0.25) is 0 Å². The molecule has 0 amide bonds. The predicted molar refractivity (Wildman–Crippen MR) is 83.8 cm³/mol. The Balaban J connectivity index is 1.74. The molecular weight excluding hydrogens is 286 g/mol. The van der Waals surface area contributed by atoms with Crippen molar-refractivity contribution in [2.45, 2.75) is 19.8 Å². The van der Waals surface area contributed by atoms with Gasteiger partial charge in [0.1, 0.15) is 6.33 Å². The van der Waals surface area contributed by atoms with Crippen molar-refractivity contribution in [2.75, 3.05) is 11.9 Å². The zero-order valence-corrected chi connectivity index (χ0v) is 12.5. The van der Waals surface area contributed by atoms with Gasteiger partial charge in [-0.2, -0.15) is 9.61 Å². The van der Waals surface area contributed by atoms with Crippen LogP contribution in [0.15, 0.2) is 36.7 Å². The topological polar surface area (TPSA) is 55.1 Å². The van der Waals surface area contributed by atoms with Crippen molar-refractivity contribution in [2.24, 2.45) is 0 Å². The first-order chi connectivity index (χ1) is 10.3. The molecule has 0 bridgehead atoms. The molecule has 0 unspecified atom stereocenters. The number of hydrogen-bond acceptors (Lipinski definition) is 4. The van der Waals surface area contributed by atoms with Crippen molar-refractivity contribution in [1.29, 1.82) is 0 Å². The molecule has 0 saturated carbocycles. The van der Waals surface area contributed by atoms with E-state index in [1.165, 1.54) is 5.56 Å². The van der Waals surface area contributed by atoms with E-state index in [9.17, 15) is 0 Å². The van der Waals surface area contributed by atoms with Gasteiger partial charge in [-0.25, -0.2) is 0 Å². The summed E-state index contributed by atoms with van der Waals surface area (Å²) < 4.78 is 1.71. The summed E-state index contributed by atoms with van der Waals surface area (Å²) in [7, 11) is 0. The molecule has 5 nitrogen and oxygen atoms in total. The summed E-state index contributed by atoms with van der Waals surface area (Å²) in [4.78, 5) is 0. The van der Waals surface area contributed by atoms with Crippen molar-refractivity contribution in [3.05, 3.63) is 52.9 Å². The average molecular weight is 302 g/mol. The molecule has 108 valence electrons. The highest BCUT2D eigenvalue weighted by molar-refractivity contribution is 6.30. The molecule has 0 aliphatic heterocycles. The fourth-order valence-corrected chi connectivity index (χ4v) is 2.43. The molecule has 3 rings (SSSR count). The lowest BCUT2D eigenvalue weighted by molar-refractivity contribution is 0.855. The van der Waals surface area contributed by atoms with Crippen LogP contribution in [0.3, 0.4) is 0 Å². The van der Waals surface area contributed by atoms with Gasteiger partial charge in [-0.05, 0) is 36.6 Å². The number of anilines is 1. The molecule has 0 spiro atoms.